The van der Waals surface area contributed by atoms with Gasteiger partial charge in [0.2, 0.25) is 5.91 Å². The Morgan fingerprint density at radius 1 is 1.24 bits per heavy atom. The van der Waals surface area contributed by atoms with Crippen LogP contribution in [0.4, 0.5) is 5.82 Å². The normalized spacial score (nSPS) is 21.5. The van der Waals surface area contributed by atoms with Crippen molar-refractivity contribution in [3.05, 3.63) is 60.1 Å². The molecule has 1 aliphatic carbocycles. The highest BCUT2D eigenvalue weighted by atomic mass is 16.3. The second kappa shape index (κ2) is 6.05. The fraction of sp³-hybridized carbons (Fsp3) is 0.211. The number of hydrogen-bond donors (Lipinski definition) is 3. The maximum atomic E-state index is 11.8. The van der Waals surface area contributed by atoms with Crippen LogP contribution < -0.4 is 10.6 Å². The third-order valence-corrected chi connectivity index (χ3v) is 4.57. The zero-order valence-corrected chi connectivity index (χ0v) is 13.7. The van der Waals surface area contributed by atoms with Gasteiger partial charge in [-0.2, -0.15) is 0 Å². The number of rotatable bonds is 3. The van der Waals surface area contributed by atoms with Crippen molar-refractivity contribution in [3.63, 3.8) is 0 Å². The molecule has 3 N–H and O–H groups in total. The zero-order chi connectivity index (χ0) is 17.4. The molecule has 6 heteroatoms. The molecule has 1 amide bonds. The summed E-state index contributed by atoms with van der Waals surface area (Å²) in [7, 11) is 0. The van der Waals surface area contributed by atoms with Crippen molar-refractivity contribution in [2.75, 3.05) is 11.9 Å². The van der Waals surface area contributed by atoms with Crippen molar-refractivity contribution in [3.8, 4) is 17.0 Å². The molecule has 1 aromatic carbocycles. The number of anilines is 1. The summed E-state index contributed by atoms with van der Waals surface area (Å²) in [4.78, 5) is 20.2. The van der Waals surface area contributed by atoms with Crippen molar-refractivity contribution in [2.45, 2.75) is 6.92 Å². The first-order chi connectivity index (χ1) is 12.1. The molecule has 1 aromatic heterocycles. The van der Waals surface area contributed by atoms with E-state index in [2.05, 4.69) is 20.6 Å². The van der Waals surface area contributed by atoms with E-state index in [4.69, 9.17) is 0 Å². The topological polar surface area (TPSA) is 87.1 Å². The number of fused-ring (bicyclic) bond motifs is 1. The molecule has 4 rings (SSSR count). The second-order valence-corrected chi connectivity index (χ2v) is 6.33. The van der Waals surface area contributed by atoms with E-state index in [9.17, 15) is 9.90 Å². The smallest absolute Gasteiger partial charge is 0.227 e. The molecule has 6 nitrogen and oxygen atoms in total. The first kappa shape index (κ1) is 15.4. The van der Waals surface area contributed by atoms with Crippen LogP contribution in [0.5, 0.6) is 5.75 Å². The van der Waals surface area contributed by atoms with Gasteiger partial charge in [-0.3, -0.25) is 4.79 Å². The molecule has 126 valence electrons. The van der Waals surface area contributed by atoms with Crippen LogP contribution in [0.25, 0.3) is 11.3 Å². The maximum absolute atomic E-state index is 11.8. The number of carbonyl (C=O) groups excluding carboxylic acids is 1. The lowest BCUT2D eigenvalue weighted by molar-refractivity contribution is -0.121. The standard InChI is InChI=1S/C19H18N4O2/c1-11-2-4-12(5-3-11)16-17(24)18(22-10-21-16)23-14-7-6-13-9-20-19(25)15(13)8-14/h2-8,10,13,15,24H,9H2,1H3,(H,20,25)(H,21,22,23). The number of carbonyl (C=O) groups is 1. The molecule has 2 unspecified atom stereocenters. The van der Waals surface area contributed by atoms with E-state index in [0.29, 0.717) is 18.1 Å². The highest BCUT2D eigenvalue weighted by Crippen LogP contribution is 2.34. The number of aromatic nitrogens is 2. The zero-order valence-electron chi connectivity index (χ0n) is 13.7. The van der Waals surface area contributed by atoms with Gasteiger partial charge in [-0.05, 0) is 19.1 Å². The molecule has 1 saturated heterocycles. The summed E-state index contributed by atoms with van der Waals surface area (Å²) in [6, 6.07) is 7.76. The van der Waals surface area contributed by atoms with E-state index in [1.54, 1.807) is 0 Å². The molecule has 1 aliphatic heterocycles. The Hall–Kier alpha value is -3.15. The number of allylic oxidation sites excluding steroid dienone is 1. The SMILES string of the molecule is Cc1ccc(-c2ncnc(NC3=CC4C(=O)NCC4C=C3)c2O)cc1. The van der Waals surface area contributed by atoms with Gasteiger partial charge < -0.3 is 15.7 Å². The van der Waals surface area contributed by atoms with Crippen molar-refractivity contribution >= 4 is 11.7 Å². The molecular formula is C19H18N4O2. The number of nitrogens with zero attached hydrogens (tertiary/aromatic N) is 2. The molecule has 0 saturated carbocycles. The Labute approximate surface area is 145 Å². The molecular weight excluding hydrogens is 316 g/mol. The second-order valence-electron chi connectivity index (χ2n) is 6.33. The van der Waals surface area contributed by atoms with E-state index in [1.165, 1.54) is 6.33 Å². The summed E-state index contributed by atoms with van der Waals surface area (Å²) in [5, 5.41) is 16.5. The van der Waals surface area contributed by atoms with Gasteiger partial charge in [-0.15, -0.1) is 0 Å². The van der Waals surface area contributed by atoms with Crippen molar-refractivity contribution < 1.29 is 9.90 Å². The van der Waals surface area contributed by atoms with Crippen molar-refractivity contribution in [2.24, 2.45) is 11.8 Å². The molecule has 2 aliphatic rings. The molecule has 2 atom stereocenters. The van der Waals surface area contributed by atoms with E-state index >= 15 is 0 Å². The summed E-state index contributed by atoms with van der Waals surface area (Å²) >= 11 is 0. The first-order valence-corrected chi connectivity index (χ1v) is 8.17. The largest absolute Gasteiger partial charge is 0.503 e. The Morgan fingerprint density at radius 2 is 2.04 bits per heavy atom. The summed E-state index contributed by atoms with van der Waals surface area (Å²) in [5.74, 6) is 0.353. The minimum atomic E-state index is -0.173. The number of benzene rings is 1. The fourth-order valence-corrected chi connectivity index (χ4v) is 3.13. The minimum absolute atomic E-state index is 0.0151. The van der Waals surface area contributed by atoms with Gasteiger partial charge in [0, 0.05) is 23.7 Å². The van der Waals surface area contributed by atoms with Gasteiger partial charge in [0.25, 0.3) is 0 Å². The van der Waals surface area contributed by atoms with Crippen LogP contribution in [0.2, 0.25) is 0 Å². The van der Waals surface area contributed by atoms with Crippen molar-refractivity contribution in [1.29, 1.82) is 0 Å². The van der Waals surface area contributed by atoms with Gasteiger partial charge >= 0.3 is 0 Å². The molecule has 0 radical (unpaired) electrons. The van der Waals surface area contributed by atoms with Gasteiger partial charge in [-0.1, -0.05) is 35.9 Å². The van der Waals surface area contributed by atoms with E-state index in [1.807, 2.05) is 49.4 Å². The average Bonchev–Trinajstić information content (AvgIpc) is 2.99. The Bertz CT molecular complexity index is 887. The van der Waals surface area contributed by atoms with Crippen LogP contribution in [0.1, 0.15) is 5.56 Å². The lowest BCUT2D eigenvalue weighted by atomic mass is 9.90. The summed E-state index contributed by atoms with van der Waals surface area (Å²) < 4.78 is 0. The number of nitrogens with one attached hydrogen (secondary N) is 2. The Balaban J connectivity index is 1.62. The number of aryl methyl sites for hydroxylation is 1. The average molecular weight is 334 g/mol. The summed E-state index contributed by atoms with van der Waals surface area (Å²) in [6.07, 6.45) is 7.20. The van der Waals surface area contributed by atoms with Gasteiger partial charge in [0.1, 0.15) is 12.0 Å². The molecule has 0 spiro atoms. The predicted molar refractivity (Wildman–Crippen MR) is 94.7 cm³/mol. The molecule has 0 bridgehead atoms. The Kier molecular flexibility index (Phi) is 3.72. The summed E-state index contributed by atoms with van der Waals surface area (Å²) in [5.41, 5.74) is 3.16. The maximum Gasteiger partial charge on any atom is 0.227 e. The van der Waals surface area contributed by atoms with Crippen LogP contribution in [0.15, 0.2) is 54.5 Å². The molecule has 25 heavy (non-hydrogen) atoms. The molecule has 2 aromatic rings. The van der Waals surface area contributed by atoms with Gasteiger partial charge in [0.15, 0.2) is 11.6 Å². The predicted octanol–water partition coefficient (Wildman–Crippen LogP) is 2.39. The van der Waals surface area contributed by atoms with Crippen molar-refractivity contribution in [1.82, 2.24) is 15.3 Å². The van der Waals surface area contributed by atoms with Crippen LogP contribution in [-0.2, 0) is 4.79 Å². The quantitative estimate of drug-likeness (QED) is 0.802. The lowest BCUT2D eigenvalue weighted by Crippen LogP contribution is -2.20. The first-order valence-electron chi connectivity index (χ1n) is 8.17. The third kappa shape index (κ3) is 2.87. The number of aromatic hydroxyl groups is 1. The monoisotopic (exact) mass is 334 g/mol. The Morgan fingerprint density at radius 3 is 2.84 bits per heavy atom. The highest BCUT2D eigenvalue weighted by molar-refractivity contribution is 5.84. The lowest BCUT2D eigenvalue weighted by Gasteiger charge is -2.18. The van der Waals surface area contributed by atoms with E-state index in [-0.39, 0.29) is 23.5 Å². The minimum Gasteiger partial charge on any atom is -0.503 e. The van der Waals surface area contributed by atoms with Gasteiger partial charge in [0.05, 0.1) is 5.92 Å². The van der Waals surface area contributed by atoms with E-state index in [0.717, 1.165) is 16.8 Å². The third-order valence-electron chi connectivity index (χ3n) is 4.57. The van der Waals surface area contributed by atoms with Crippen LogP contribution >= 0.6 is 0 Å². The molecule has 2 heterocycles. The van der Waals surface area contributed by atoms with Crippen LogP contribution in [-0.4, -0.2) is 27.5 Å². The highest BCUT2D eigenvalue weighted by Gasteiger charge is 2.33. The number of hydrogen-bond acceptors (Lipinski definition) is 5. The fourth-order valence-electron chi connectivity index (χ4n) is 3.13. The van der Waals surface area contributed by atoms with Crippen LogP contribution in [0, 0.1) is 18.8 Å². The van der Waals surface area contributed by atoms with Crippen LogP contribution in [0.3, 0.4) is 0 Å². The van der Waals surface area contributed by atoms with Gasteiger partial charge in [-0.25, -0.2) is 9.97 Å². The van der Waals surface area contributed by atoms with E-state index < -0.39 is 0 Å². The molecule has 1 fully saturated rings. The number of amides is 1. The summed E-state index contributed by atoms with van der Waals surface area (Å²) in [6.45, 7) is 2.67.